The van der Waals surface area contributed by atoms with Gasteiger partial charge in [0.15, 0.2) is 6.10 Å². The SMILES string of the molecule is CCOC(=O)[C@@H](O)[C@@H](NC(=O)OC(C)(C)C)c1ccc(OC(C)=O)cc1. The van der Waals surface area contributed by atoms with E-state index < -0.39 is 35.8 Å². The molecule has 2 N–H and O–H groups in total. The summed E-state index contributed by atoms with van der Waals surface area (Å²) >= 11 is 0. The number of aliphatic hydroxyl groups is 1. The molecule has 144 valence electrons. The first-order valence-corrected chi connectivity index (χ1v) is 8.16. The van der Waals surface area contributed by atoms with E-state index in [0.717, 1.165) is 0 Å². The van der Waals surface area contributed by atoms with Gasteiger partial charge in [0.2, 0.25) is 0 Å². The van der Waals surface area contributed by atoms with E-state index in [2.05, 4.69) is 5.32 Å². The van der Waals surface area contributed by atoms with Crippen LogP contribution >= 0.6 is 0 Å². The van der Waals surface area contributed by atoms with Crippen molar-refractivity contribution in [2.24, 2.45) is 0 Å². The topological polar surface area (TPSA) is 111 Å². The highest BCUT2D eigenvalue weighted by molar-refractivity contribution is 5.77. The monoisotopic (exact) mass is 367 g/mol. The average Bonchev–Trinajstić information content (AvgIpc) is 2.51. The van der Waals surface area contributed by atoms with E-state index in [1.54, 1.807) is 27.7 Å². The summed E-state index contributed by atoms with van der Waals surface area (Å²) in [5.74, 6) is -1.06. The Labute approximate surface area is 152 Å². The number of benzene rings is 1. The molecule has 1 aromatic carbocycles. The van der Waals surface area contributed by atoms with Gasteiger partial charge in [-0.05, 0) is 45.4 Å². The van der Waals surface area contributed by atoms with Crippen LogP contribution in [0.4, 0.5) is 4.79 Å². The summed E-state index contributed by atoms with van der Waals surface area (Å²) in [4.78, 5) is 35.0. The van der Waals surface area contributed by atoms with Crippen LogP contribution < -0.4 is 10.1 Å². The number of esters is 2. The van der Waals surface area contributed by atoms with Crippen molar-refractivity contribution in [3.05, 3.63) is 29.8 Å². The van der Waals surface area contributed by atoms with Gasteiger partial charge >= 0.3 is 18.0 Å². The Kier molecular flexibility index (Phi) is 7.57. The summed E-state index contributed by atoms with van der Waals surface area (Å²) in [7, 11) is 0. The molecule has 0 fully saturated rings. The van der Waals surface area contributed by atoms with Gasteiger partial charge in [-0.2, -0.15) is 0 Å². The number of hydrogen-bond acceptors (Lipinski definition) is 7. The summed E-state index contributed by atoms with van der Waals surface area (Å²) < 4.78 is 14.9. The molecule has 26 heavy (non-hydrogen) atoms. The van der Waals surface area contributed by atoms with Crippen molar-refractivity contribution in [3.63, 3.8) is 0 Å². The number of aliphatic hydroxyl groups excluding tert-OH is 1. The number of rotatable bonds is 6. The largest absolute Gasteiger partial charge is 0.464 e. The van der Waals surface area contributed by atoms with Crippen LogP contribution in [0.15, 0.2) is 24.3 Å². The third-order valence-electron chi connectivity index (χ3n) is 3.02. The van der Waals surface area contributed by atoms with E-state index >= 15 is 0 Å². The molecule has 0 saturated heterocycles. The van der Waals surface area contributed by atoms with Crippen LogP contribution in [0, 0.1) is 0 Å². The lowest BCUT2D eigenvalue weighted by Gasteiger charge is -2.26. The Morgan fingerprint density at radius 1 is 1.15 bits per heavy atom. The van der Waals surface area contributed by atoms with E-state index in [-0.39, 0.29) is 6.61 Å². The van der Waals surface area contributed by atoms with Crippen molar-refractivity contribution in [2.45, 2.75) is 52.4 Å². The molecule has 8 heteroatoms. The molecule has 0 spiro atoms. The van der Waals surface area contributed by atoms with Crippen LogP contribution in [-0.4, -0.2) is 41.5 Å². The van der Waals surface area contributed by atoms with Crippen molar-refractivity contribution in [2.75, 3.05) is 6.61 Å². The molecule has 0 aliphatic carbocycles. The fraction of sp³-hybridized carbons (Fsp3) is 0.500. The van der Waals surface area contributed by atoms with Gasteiger partial charge in [-0.15, -0.1) is 0 Å². The Hall–Kier alpha value is -2.61. The molecular weight excluding hydrogens is 342 g/mol. The van der Waals surface area contributed by atoms with Crippen molar-refractivity contribution < 1.29 is 33.7 Å². The second-order valence-corrected chi connectivity index (χ2v) is 6.48. The van der Waals surface area contributed by atoms with Crippen molar-refractivity contribution >= 4 is 18.0 Å². The van der Waals surface area contributed by atoms with Gasteiger partial charge < -0.3 is 24.6 Å². The Morgan fingerprint density at radius 2 is 1.73 bits per heavy atom. The van der Waals surface area contributed by atoms with Crippen LogP contribution in [0.3, 0.4) is 0 Å². The van der Waals surface area contributed by atoms with Gasteiger partial charge in [-0.25, -0.2) is 9.59 Å². The first-order chi connectivity index (χ1) is 12.0. The Bertz CT molecular complexity index is 634. The molecule has 0 bridgehead atoms. The number of carbonyl (C=O) groups excluding carboxylic acids is 3. The highest BCUT2D eigenvalue weighted by Gasteiger charge is 2.31. The van der Waals surface area contributed by atoms with Crippen molar-refractivity contribution in [1.82, 2.24) is 5.32 Å². The molecule has 0 unspecified atom stereocenters. The maximum absolute atomic E-state index is 12.1. The van der Waals surface area contributed by atoms with E-state index in [4.69, 9.17) is 14.2 Å². The summed E-state index contributed by atoms with van der Waals surface area (Å²) in [6.07, 6.45) is -2.43. The summed E-state index contributed by atoms with van der Waals surface area (Å²) in [5.41, 5.74) is -0.338. The fourth-order valence-corrected chi connectivity index (χ4v) is 2.05. The minimum absolute atomic E-state index is 0.0838. The van der Waals surface area contributed by atoms with Gasteiger partial charge in [-0.1, -0.05) is 12.1 Å². The number of alkyl carbamates (subject to hydrolysis) is 1. The van der Waals surface area contributed by atoms with Crippen molar-refractivity contribution in [1.29, 1.82) is 0 Å². The molecule has 8 nitrogen and oxygen atoms in total. The maximum atomic E-state index is 12.1. The van der Waals surface area contributed by atoms with Gasteiger partial charge in [0.25, 0.3) is 0 Å². The third kappa shape index (κ3) is 7.10. The van der Waals surface area contributed by atoms with Crippen LogP contribution in [0.25, 0.3) is 0 Å². The molecular formula is C18H25NO7. The Balaban J connectivity index is 3.04. The molecule has 0 saturated carbocycles. The van der Waals surface area contributed by atoms with E-state index in [1.165, 1.54) is 31.2 Å². The minimum atomic E-state index is -1.64. The lowest BCUT2D eigenvalue weighted by Crippen LogP contribution is -2.43. The predicted octanol–water partition coefficient (Wildman–Crippen LogP) is 2.10. The zero-order valence-electron chi connectivity index (χ0n) is 15.6. The first-order valence-electron chi connectivity index (χ1n) is 8.16. The molecule has 1 rings (SSSR count). The smallest absolute Gasteiger partial charge is 0.408 e. The summed E-state index contributed by atoms with van der Waals surface area (Å²) in [6.45, 7) is 8.03. The maximum Gasteiger partial charge on any atom is 0.408 e. The van der Waals surface area contributed by atoms with Crippen LogP contribution in [0.1, 0.15) is 46.2 Å². The van der Waals surface area contributed by atoms with Crippen LogP contribution in [0.2, 0.25) is 0 Å². The van der Waals surface area contributed by atoms with Gasteiger partial charge in [0.1, 0.15) is 11.4 Å². The van der Waals surface area contributed by atoms with Gasteiger partial charge in [-0.3, -0.25) is 4.79 Å². The third-order valence-corrected chi connectivity index (χ3v) is 3.02. The molecule has 0 heterocycles. The lowest BCUT2D eigenvalue weighted by molar-refractivity contribution is -0.154. The van der Waals surface area contributed by atoms with Crippen LogP contribution in [-0.2, 0) is 19.1 Å². The minimum Gasteiger partial charge on any atom is -0.464 e. The molecule has 2 atom stereocenters. The normalized spacial score (nSPS) is 13.3. The van der Waals surface area contributed by atoms with Gasteiger partial charge in [0.05, 0.1) is 12.6 Å². The quantitative estimate of drug-likeness (QED) is 0.585. The summed E-state index contributed by atoms with van der Waals surface area (Å²) in [6, 6.07) is 4.90. The zero-order chi connectivity index (χ0) is 19.9. The van der Waals surface area contributed by atoms with E-state index in [1.807, 2.05) is 0 Å². The average molecular weight is 367 g/mol. The number of carbonyl (C=O) groups is 3. The zero-order valence-corrected chi connectivity index (χ0v) is 15.6. The van der Waals surface area contributed by atoms with Crippen LogP contribution in [0.5, 0.6) is 5.75 Å². The lowest BCUT2D eigenvalue weighted by atomic mass is 10.0. The molecule has 1 aromatic rings. The predicted molar refractivity (Wildman–Crippen MR) is 92.5 cm³/mol. The number of amides is 1. The number of hydrogen-bond donors (Lipinski definition) is 2. The highest BCUT2D eigenvalue weighted by atomic mass is 16.6. The van der Waals surface area contributed by atoms with Gasteiger partial charge in [0, 0.05) is 6.92 Å². The molecule has 0 aromatic heterocycles. The molecule has 0 aliphatic rings. The number of nitrogens with one attached hydrogen (secondary N) is 1. The highest BCUT2D eigenvalue weighted by Crippen LogP contribution is 2.22. The molecule has 0 radical (unpaired) electrons. The summed E-state index contributed by atoms with van der Waals surface area (Å²) in [5, 5.41) is 12.8. The standard InChI is InChI=1S/C18H25NO7/c1-6-24-16(22)15(21)14(19-17(23)26-18(3,4)5)12-7-9-13(10-8-12)25-11(2)20/h7-10,14-15,21H,6H2,1-5H3,(H,19,23)/t14-,15-/m0/s1. The second-order valence-electron chi connectivity index (χ2n) is 6.48. The molecule has 0 aliphatic heterocycles. The van der Waals surface area contributed by atoms with Crippen molar-refractivity contribution in [3.8, 4) is 5.75 Å². The second kappa shape index (κ2) is 9.19. The first kappa shape index (κ1) is 21.4. The Morgan fingerprint density at radius 3 is 2.19 bits per heavy atom. The fourth-order valence-electron chi connectivity index (χ4n) is 2.05. The number of ether oxygens (including phenoxy) is 3. The van der Waals surface area contributed by atoms with E-state index in [9.17, 15) is 19.5 Å². The van der Waals surface area contributed by atoms with E-state index in [0.29, 0.717) is 11.3 Å². The molecule has 1 amide bonds.